The first-order chi connectivity index (χ1) is 6.42. The summed E-state index contributed by atoms with van der Waals surface area (Å²) in [6, 6.07) is 0. The Labute approximate surface area is 88.3 Å². The van der Waals surface area contributed by atoms with Crippen LogP contribution in [0.25, 0.3) is 0 Å². The van der Waals surface area contributed by atoms with Gasteiger partial charge in [-0.1, -0.05) is 6.92 Å². The van der Waals surface area contributed by atoms with Gasteiger partial charge in [0.15, 0.2) is 0 Å². The third-order valence-corrected chi connectivity index (χ3v) is 2.59. The van der Waals surface area contributed by atoms with Crippen LogP contribution >= 0.6 is 0 Å². The molecule has 1 unspecified atom stereocenters. The van der Waals surface area contributed by atoms with Crippen LogP contribution in [0.3, 0.4) is 0 Å². The molecule has 1 fully saturated rings. The van der Waals surface area contributed by atoms with Gasteiger partial charge in [-0.2, -0.15) is 0 Å². The largest absolute Gasteiger partial charge is 0.351 e. The molecule has 3 nitrogen and oxygen atoms in total. The van der Waals surface area contributed by atoms with E-state index in [1.165, 1.54) is 0 Å². The Kier molecular flexibility index (Phi) is 3.53. The van der Waals surface area contributed by atoms with Crippen molar-refractivity contribution in [3.63, 3.8) is 0 Å². The van der Waals surface area contributed by atoms with Crippen molar-refractivity contribution in [1.29, 1.82) is 0 Å². The van der Waals surface area contributed by atoms with Crippen molar-refractivity contribution in [1.82, 2.24) is 10.2 Å². The summed E-state index contributed by atoms with van der Waals surface area (Å²) >= 11 is 0. The highest BCUT2D eigenvalue weighted by molar-refractivity contribution is 5.79. The molecule has 0 aliphatic carbocycles. The minimum Gasteiger partial charge on any atom is -0.351 e. The van der Waals surface area contributed by atoms with Crippen LogP contribution in [0.15, 0.2) is 0 Å². The van der Waals surface area contributed by atoms with Crippen LogP contribution in [0.4, 0.5) is 0 Å². The maximum Gasteiger partial charge on any atom is 0.224 e. The minimum atomic E-state index is -0.100. The van der Waals surface area contributed by atoms with Gasteiger partial charge in [-0.25, -0.2) is 0 Å². The van der Waals surface area contributed by atoms with E-state index in [2.05, 4.69) is 17.1 Å². The molecule has 0 aromatic carbocycles. The fourth-order valence-electron chi connectivity index (χ4n) is 1.81. The number of hydrogen-bond donors (Lipinski definition) is 1. The normalized spacial score (nSPS) is 23.9. The van der Waals surface area contributed by atoms with Gasteiger partial charge in [0.25, 0.3) is 0 Å². The molecule has 0 radical (unpaired) electrons. The molecule has 1 N–H and O–H groups in total. The lowest BCUT2D eigenvalue weighted by Gasteiger charge is -2.23. The van der Waals surface area contributed by atoms with E-state index in [4.69, 9.17) is 0 Å². The molecule has 0 bridgehead atoms. The zero-order valence-electron chi connectivity index (χ0n) is 9.76. The first-order valence-electron chi connectivity index (χ1n) is 5.47. The van der Waals surface area contributed by atoms with Gasteiger partial charge in [0.2, 0.25) is 5.91 Å². The summed E-state index contributed by atoms with van der Waals surface area (Å²) in [4.78, 5) is 14.1. The van der Waals surface area contributed by atoms with E-state index in [9.17, 15) is 4.79 Å². The number of nitrogens with zero attached hydrogens (tertiary/aromatic N) is 1. The zero-order valence-corrected chi connectivity index (χ0v) is 9.76. The number of rotatable bonds is 2. The minimum absolute atomic E-state index is 0. The van der Waals surface area contributed by atoms with Gasteiger partial charge in [0.1, 0.15) is 0 Å². The quantitative estimate of drug-likeness (QED) is 0.732. The summed E-state index contributed by atoms with van der Waals surface area (Å²) in [7, 11) is 0. The second kappa shape index (κ2) is 4.30. The van der Waals surface area contributed by atoms with Crippen LogP contribution in [0.2, 0.25) is 0 Å². The second-order valence-corrected chi connectivity index (χ2v) is 5.12. The Hall–Kier alpha value is -0.570. The molecule has 0 aromatic rings. The predicted molar refractivity (Wildman–Crippen MR) is 60.2 cm³/mol. The van der Waals surface area contributed by atoms with Crippen molar-refractivity contribution < 1.29 is 6.22 Å². The molecular weight excluding hydrogens is 176 g/mol. The molecule has 1 heterocycles. The van der Waals surface area contributed by atoms with Crippen molar-refractivity contribution in [2.75, 3.05) is 19.6 Å². The standard InChI is InChI=1S/C11H22N2O.H2/c1-5-13-7-6-9(8-13)10(14)12-11(2,3)4;/h9H,5-8H2,1-4H3,(H,12,14);1H. The van der Waals surface area contributed by atoms with E-state index in [0.29, 0.717) is 0 Å². The van der Waals surface area contributed by atoms with Crippen molar-refractivity contribution >= 4 is 5.91 Å². The van der Waals surface area contributed by atoms with E-state index in [1.54, 1.807) is 0 Å². The van der Waals surface area contributed by atoms with Crippen LogP contribution in [0.5, 0.6) is 0 Å². The lowest BCUT2D eigenvalue weighted by atomic mass is 10.0. The highest BCUT2D eigenvalue weighted by Gasteiger charge is 2.29. The first kappa shape index (κ1) is 11.5. The summed E-state index contributed by atoms with van der Waals surface area (Å²) in [6.45, 7) is 11.3. The van der Waals surface area contributed by atoms with E-state index in [-0.39, 0.29) is 18.8 Å². The number of carbonyl (C=O) groups excluding carboxylic acids is 1. The molecule has 1 rings (SSSR count). The van der Waals surface area contributed by atoms with Crippen molar-refractivity contribution in [3.8, 4) is 0 Å². The number of likely N-dealkylation sites (tertiary alicyclic amines) is 1. The predicted octanol–water partition coefficient (Wildman–Crippen LogP) is 1.49. The molecule has 0 spiro atoms. The summed E-state index contributed by atoms with van der Waals surface area (Å²) in [6.07, 6.45) is 1.01. The monoisotopic (exact) mass is 200 g/mol. The summed E-state index contributed by atoms with van der Waals surface area (Å²) in [5.74, 6) is 0.419. The number of amides is 1. The van der Waals surface area contributed by atoms with Gasteiger partial charge in [0, 0.05) is 13.5 Å². The lowest BCUT2D eigenvalue weighted by Crippen LogP contribution is -2.44. The lowest BCUT2D eigenvalue weighted by molar-refractivity contribution is -0.126. The Bertz CT molecular complexity index is 213. The second-order valence-electron chi connectivity index (χ2n) is 5.12. The van der Waals surface area contributed by atoms with Gasteiger partial charge in [0.05, 0.1) is 5.92 Å². The van der Waals surface area contributed by atoms with Gasteiger partial charge in [-0.3, -0.25) is 4.79 Å². The van der Waals surface area contributed by atoms with Crippen LogP contribution in [-0.2, 0) is 4.79 Å². The first-order valence-corrected chi connectivity index (χ1v) is 5.47. The molecule has 0 saturated carbocycles. The molecule has 1 aliphatic rings. The zero-order chi connectivity index (χ0) is 10.8. The fraction of sp³-hybridized carbons (Fsp3) is 0.909. The van der Waals surface area contributed by atoms with Crippen molar-refractivity contribution in [2.45, 2.75) is 39.7 Å². The number of nitrogens with one attached hydrogen (secondary N) is 1. The third kappa shape index (κ3) is 3.29. The molecular formula is C11H24N2O. The number of carbonyl (C=O) groups is 1. The molecule has 1 amide bonds. The van der Waals surface area contributed by atoms with E-state index in [0.717, 1.165) is 26.1 Å². The molecule has 84 valence electrons. The SMILES string of the molecule is CCN1CCC(C(=O)NC(C)(C)C)C1.[HH]. The Morgan fingerprint density at radius 3 is 2.64 bits per heavy atom. The van der Waals surface area contributed by atoms with Crippen LogP contribution in [0, 0.1) is 5.92 Å². The Balaban J connectivity index is 0.00000196. The Morgan fingerprint density at radius 1 is 1.57 bits per heavy atom. The third-order valence-electron chi connectivity index (χ3n) is 2.59. The average Bonchev–Trinajstić information content (AvgIpc) is 2.48. The summed E-state index contributed by atoms with van der Waals surface area (Å²) in [5.41, 5.74) is -0.100. The van der Waals surface area contributed by atoms with Gasteiger partial charge in [-0.05, 0) is 40.3 Å². The van der Waals surface area contributed by atoms with E-state index >= 15 is 0 Å². The molecule has 1 atom stereocenters. The highest BCUT2D eigenvalue weighted by atomic mass is 16.2. The maximum atomic E-state index is 11.8. The smallest absolute Gasteiger partial charge is 0.224 e. The van der Waals surface area contributed by atoms with E-state index < -0.39 is 0 Å². The topological polar surface area (TPSA) is 32.3 Å². The summed E-state index contributed by atoms with van der Waals surface area (Å²) < 4.78 is 0. The molecule has 14 heavy (non-hydrogen) atoms. The van der Waals surface area contributed by atoms with Crippen LogP contribution < -0.4 is 5.32 Å². The molecule has 1 aliphatic heterocycles. The molecule has 1 saturated heterocycles. The maximum absolute atomic E-state index is 11.8. The van der Waals surface area contributed by atoms with Gasteiger partial charge in [-0.15, -0.1) is 0 Å². The molecule has 0 aromatic heterocycles. The van der Waals surface area contributed by atoms with Crippen LogP contribution in [-0.4, -0.2) is 36.0 Å². The van der Waals surface area contributed by atoms with Crippen molar-refractivity contribution in [3.05, 3.63) is 0 Å². The van der Waals surface area contributed by atoms with Gasteiger partial charge >= 0.3 is 0 Å². The van der Waals surface area contributed by atoms with Crippen molar-refractivity contribution in [2.24, 2.45) is 5.92 Å². The van der Waals surface area contributed by atoms with Gasteiger partial charge < -0.3 is 10.2 Å². The Morgan fingerprint density at radius 2 is 2.21 bits per heavy atom. The highest BCUT2D eigenvalue weighted by Crippen LogP contribution is 2.16. The fourth-order valence-corrected chi connectivity index (χ4v) is 1.81. The number of hydrogen-bond acceptors (Lipinski definition) is 2. The average molecular weight is 200 g/mol. The van der Waals surface area contributed by atoms with E-state index in [1.807, 2.05) is 20.8 Å². The molecule has 3 heteroatoms. The van der Waals surface area contributed by atoms with Crippen LogP contribution in [0.1, 0.15) is 35.5 Å². The summed E-state index contributed by atoms with van der Waals surface area (Å²) in [5, 5.41) is 3.04.